The van der Waals surface area contributed by atoms with Gasteiger partial charge in [0.05, 0.1) is 6.42 Å². The van der Waals surface area contributed by atoms with Gasteiger partial charge in [-0.2, -0.15) is 0 Å². The Labute approximate surface area is 82.5 Å². The maximum absolute atomic E-state index is 10.7. The fourth-order valence-electron chi connectivity index (χ4n) is 0.730. The molecule has 0 aromatic carbocycles. The summed E-state index contributed by atoms with van der Waals surface area (Å²) in [5.41, 5.74) is 0.746. The first-order chi connectivity index (χ1) is 6.41. The maximum atomic E-state index is 10.7. The zero-order valence-corrected chi connectivity index (χ0v) is 8.50. The summed E-state index contributed by atoms with van der Waals surface area (Å²) in [6, 6.07) is 0. The van der Waals surface area contributed by atoms with Crippen molar-refractivity contribution in [1.82, 2.24) is 5.32 Å². The van der Waals surface area contributed by atoms with Crippen LogP contribution in [0.4, 0.5) is 0 Å². The third kappa shape index (κ3) is 7.02. The van der Waals surface area contributed by atoms with Gasteiger partial charge in [0.2, 0.25) is 5.91 Å². The molecule has 2 N–H and O–H groups in total. The number of aliphatic carboxylic acids is 1. The number of aliphatic imine (C=N–C) groups is 1. The van der Waals surface area contributed by atoms with Crippen molar-refractivity contribution in [3.05, 3.63) is 11.9 Å². The molecule has 0 unspecified atom stereocenters. The second-order valence-electron chi connectivity index (χ2n) is 2.93. The number of hydrogen-bond acceptors (Lipinski definition) is 3. The number of hydrogen-bond donors (Lipinski definition) is 2. The lowest BCUT2D eigenvalue weighted by molar-refractivity contribution is -0.136. The summed E-state index contributed by atoms with van der Waals surface area (Å²) in [5.74, 6) is -0.955. The molecule has 78 valence electrons. The Balaban J connectivity index is 4.54. The zero-order chi connectivity index (χ0) is 11.1. The van der Waals surface area contributed by atoms with Gasteiger partial charge in [0.15, 0.2) is 0 Å². The molecule has 1 amide bonds. The van der Waals surface area contributed by atoms with Crippen LogP contribution in [0.15, 0.2) is 16.9 Å². The molecule has 0 radical (unpaired) electrons. The van der Waals surface area contributed by atoms with Gasteiger partial charge in [0.25, 0.3) is 0 Å². The molecule has 0 fully saturated rings. The highest BCUT2D eigenvalue weighted by atomic mass is 16.4. The van der Waals surface area contributed by atoms with Crippen LogP contribution in [0.25, 0.3) is 0 Å². The van der Waals surface area contributed by atoms with Crippen LogP contribution in [0.5, 0.6) is 0 Å². The Kier molecular flexibility index (Phi) is 5.21. The fourth-order valence-corrected chi connectivity index (χ4v) is 0.730. The van der Waals surface area contributed by atoms with Crippen LogP contribution in [0.2, 0.25) is 0 Å². The number of carbonyl (C=O) groups excluding carboxylic acids is 1. The third-order valence-corrected chi connectivity index (χ3v) is 1.12. The molecule has 5 nitrogen and oxygen atoms in total. The number of rotatable bonds is 4. The summed E-state index contributed by atoms with van der Waals surface area (Å²) in [6.07, 6.45) is 1.20. The molecule has 0 rings (SSSR count). The predicted molar refractivity (Wildman–Crippen MR) is 52.9 cm³/mol. The number of nitrogens with zero attached hydrogens (tertiary/aromatic N) is 1. The van der Waals surface area contributed by atoms with Crippen molar-refractivity contribution in [1.29, 1.82) is 0 Å². The molecular weight excluding hydrogens is 184 g/mol. The van der Waals surface area contributed by atoms with Crippen LogP contribution >= 0.6 is 0 Å². The Morgan fingerprint density at radius 3 is 2.29 bits per heavy atom. The number of amides is 1. The van der Waals surface area contributed by atoms with Gasteiger partial charge in [-0.05, 0) is 19.9 Å². The summed E-state index contributed by atoms with van der Waals surface area (Å²) >= 11 is 0. The average molecular weight is 198 g/mol. The largest absolute Gasteiger partial charge is 0.481 e. The van der Waals surface area contributed by atoms with Crippen molar-refractivity contribution in [2.24, 2.45) is 4.99 Å². The SMILES string of the molecule is CC(=O)N/C(=C/CC(=O)O)N=C(C)C. The van der Waals surface area contributed by atoms with Gasteiger partial charge in [0, 0.05) is 12.6 Å². The molecule has 0 saturated carbocycles. The first-order valence-electron chi connectivity index (χ1n) is 4.13. The number of carboxylic acids is 1. The normalized spacial score (nSPS) is 10.6. The van der Waals surface area contributed by atoms with Crippen LogP contribution in [-0.4, -0.2) is 22.7 Å². The third-order valence-electron chi connectivity index (χ3n) is 1.12. The van der Waals surface area contributed by atoms with E-state index in [-0.39, 0.29) is 18.1 Å². The van der Waals surface area contributed by atoms with Crippen LogP contribution in [0.1, 0.15) is 27.2 Å². The van der Waals surface area contributed by atoms with Gasteiger partial charge in [-0.1, -0.05) is 0 Å². The highest BCUT2D eigenvalue weighted by molar-refractivity contribution is 5.81. The molecule has 0 atom stereocenters. The lowest BCUT2D eigenvalue weighted by Crippen LogP contribution is -2.18. The minimum Gasteiger partial charge on any atom is -0.481 e. The molecule has 14 heavy (non-hydrogen) atoms. The predicted octanol–water partition coefficient (Wildman–Crippen LogP) is 0.919. The van der Waals surface area contributed by atoms with E-state index in [0.29, 0.717) is 0 Å². The van der Waals surface area contributed by atoms with E-state index in [4.69, 9.17) is 5.11 Å². The van der Waals surface area contributed by atoms with Gasteiger partial charge in [0.1, 0.15) is 5.82 Å². The van der Waals surface area contributed by atoms with E-state index in [0.717, 1.165) is 5.71 Å². The van der Waals surface area contributed by atoms with Gasteiger partial charge in [-0.15, -0.1) is 0 Å². The Bertz CT molecular complexity index is 288. The van der Waals surface area contributed by atoms with Crippen molar-refractivity contribution in [2.45, 2.75) is 27.2 Å². The molecule has 0 aromatic heterocycles. The highest BCUT2D eigenvalue weighted by Gasteiger charge is 1.99. The molecule has 0 heterocycles. The molecule has 0 bridgehead atoms. The van der Waals surface area contributed by atoms with E-state index in [1.165, 1.54) is 13.0 Å². The first kappa shape index (κ1) is 12.3. The molecular formula is C9H14N2O3. The Hall–Kier alpha value is -1.65. The number of carbonyl (C=O) groups is 2. The fraction of sp³-hybridized carbons (Fsp3) is 0.444. The second kappa shape index (κ2) is 5.90. The summed E-state index contributed by atoms with van der Waals surface area (Å²) < 4.78 is 0. The van der Waals surface area contributed by atoms with Crippen molar-refractivity contribution in [3.63, 3.8) is 0 Å². The van der Waals surface area contributed by atoms with Crippen LogP contribution in [0.3, 0.4) is 0 Å². The zero-order valence-electron chi connectivity index (χ0n) is 8.50. The van der Waals surface area contributed by atoms with Crippen LogP contribution in [0, 0.1) is 0 Å². The number of carboxylic acid groups (broad SMARTS) is 1. The van der Waals surface area contributed by atoms with E-state index in [1.807, 2.05) is 0 Å². The Morgan fingerprint density at radius 1 is 1.36 bits per heavy atom. The standard InChI is InChI=1S/C9H14N2O3/c1-6(2)10-8(11-7(3)12)4-5-9(13)14/h4H,5H2,1-3H3,(H,11,12)(H,13,14)/b8-4+. The van der Waals surface area contributed by atoms with Gasteiger partial charge >= 0.3 is 5.97 Å². The van der Waals surface area contributed by atoms with Crippen LogP contribution in [-0.2, 0) is 9.59 Å². The van der Waals surface area contributed by atoms with Gasteiger partial charge in [-0.25, -0.2) is 4.99 Å². The molecule has 0 aliphatic rings. The monoisotopic (exact) mass is 198 g/mol. The van der Waals surface area contributed by atoms with Gasteiger partial charge < -0.3 is 10.4 Å². The molecule has 0 aliphatic heterocycles. The molecule has 0 aliphatic carbocycles. The van der Waals surface area contributed by atoms with Crippen molar-refractivity contribution in [3.8, 4) is 0 Å². The maximum Gasteiger partial charge on any atom is 0.307 e. The minimum atomic E-state index is -0.961. The average Bonchev–Trinajstić information content (AvgIpc) is 1.97. The van der Waals surface area contributed by atoms with Gasteiger partial charge in [-0.3, -0.25) is 9.59 Å². The first-order valence-corrected chi connectivity index (χ1v) is 4.13. The Morgan fingerprint density at radius 2 is 1.93 bits per heavy atom. The summed E-state index contributed by atoms with van der Waals surface area (Å²) in [7, 11) is 0. The second-order valence-corrected chi connectivity index (χ2v) is 2.93. The van der Waals surface area contributed by atoms with Crippen molar-refractivity contribution in [2.75, 3.05) is 0 Å². The summed E-state index contributed by atoms with van der Waals surface area (Å²) in [4.78, 5) is 25.0. The lowest BCUT2D eigenvalue weighted by Gasteiger charge is -2.02. The van der Waals surface area contributed by atoms with E-state index in [9.17, 15) is 9.59 Å². The summed E-state index contributed by atoms with van der Waals surface area (Å²) in [5, 5.41) is 10.9. The van der Waals surface area contributed by atoms with Crippen LogP contribution < -0.4 is 5.32 Å². The molecule has 5 heteroatoms. The van der Waals surface area contributed by atoms with E-state index in [2.05, 4.69) is 10.3 Å². The van der Waals surface area contributed by atoms with E-state index < -0.39 is 5.97 Å². The lowest BCUT2D eigenvalue weighted by atomic mass is 10.4. The number of nitrogens with one attached hydrogen (secondary N) is 1. The summed E-state index contributed by atoms with van der Waals surface area (Å²) in [6.45, 7) is 4.86. The van der Waals surface area contributed by atoms with E-state index in [1.54, 1.807) is 13.8 Å². The molecule has 0 aromatic rings. The molecule has 0 saturated heterocycles. The van der Waals surface area contributed by atoms with Crippen molar-refractivity contribution >= 4 is 17.6 Å². The quantitative estimate of drug-likeness (QED) is 0.659. The smallest absolute Gasteiger partial charge is 0.307 e. The van der Waals surface area contributed by atoms with E-state index >= 15 is 0 Å². The minimum absolute atomic E-state index is 0.160. The molecule has 0 spiro atoms. The topological polar surface area (TPSA) is 78.8 Å². The van der Waals surface area contributed by atoms with Crippen molar-refractivity contribution < 1.29 is 14.7 Å². The highest BCUT2D eigenvalue weighted by Crippen LogP contribution is 1.96.